The zero-order valence-electron chi connectivity index (χ0n) is 13.1. The van der Waals surface area contributed by atoms with Gasteiger partial charge in [0.05, 0.1) is 0 Å². The van der Waals surface area contributed by atoms with Crippen molar-refractivity contribution in [2.24, 2.45) is 11.5 Å². The molecule has 0 fully saturated rings. The van der Waals surface area contributed by atoms with Crippen molar-refractivity contribution < 1.29 is 17.7 Å². The number of nitrogens with two attached hydrogens (primary N) is 2. The Morgan fingerprint density at radius 2 is 1.53 bits per heavy atom. The minimum atomic E-state index is -1.92. The summed E-state index contributed by atoms with van der Waals surface area (Å²) in [5, 5.41) is 0. The third-order valence-electron chi connectivity index (χ3n) is 2.69. The van der Waals surface area contributed by atoms with Crippen molar-refractivity contribution in [3.05, 3.63) is 0 Å². The first-order valence-electron chi connectivity index (χ1n) is 6.64. The van der Waals surface area contributed by atoms with Gasteiger partial charge in [-0.2, -0.15) is 0 Å². The van der Waals surface area contributed by atoms with Crippen LogP contribution in [0.3, 0.4) is 0 Å². The highest BCUT2D eigenvalue weighted by Crippen LogP contribution is 2.14. The second-order valence-electron chi connectivity index (χ2n) is 4.26. The smallest absolute Gasteiger partial charge is 0.334 e. The van der Waals surface area contributed by atoms with Gasteiger partial charge in [-0.25, -0.2) is 0 Å². The summed E-state index contributed by atoms with van der Waals surface area (Å²) in [4.78, 5) is 0. The largest absolute Gasteiger partial charge is 0.400 e. The molecule has 0 aliphatic rings. The van der Waals surface area contributed by atoms with Gasteiger partial charge in [0.2, 0.25) is 0 Å². The molecule has 0 aromatic heterocycles. The molecule has 0 aromatic carbocycles. The summed E-state index contributed by atoms with van der Waals surface area (Å²) >= 11 is 0. The van der Waals surface area contributed by atoms with Crippen LogP contribution in [0.15, 0.2) is 0 Å². The van der Waals surface area contributed by atoms with E-state index in [0.29, 0.717) is 19.7 Å². The second kappa shape index (κ2) is 14.6. The second-order valence-corrected chi connectivity index (χ2v) is 9.80. The Morgan fingerprint density at radius 3 is 1.84 bits per heavy atom. The van der Waals surface area contributed by atoms with Crippen molar-refractivity contribution in [2.45, 2.75) is 32.0 Å². The Labute approximate surface area is 120 Å². The van der Waals surface area contributed by atoms with Gasteiger partial charge in [0, 0.05) is 27.9 Å². The molecule has 0 saturated carbocycles. The Balaban J connectivity index is 0. The fraction of sp³-hybridized carbons (Fsp3) is 1.00. The predicted molar refractivity (Wildman–Crippen MR) is 83.8 cm³/mol. The lowest BCUT2D eigenvalue weighted by atomic mass is 10.5. The van der Waals surface area contributed by atoms with Crippen LogP contribution in [0.25, 0.3) is 0 Å². The molecule has 0 radical (unpaired) electrons. The number of hydrogen-bond acceptors (Lipinski definition) is 6. The maximum absolute atomic E-state index is 5.70. The van der Waals surface area contributed by atoms with E-state index in [0.717, 1.165) is 18.9 Å². The van der Waals surface area contributed by atoms with E-state index in [2.05, 4.69) is 6.55 Å². The molecule has 0 heterocycles. The van der Waals surface area contributed by atoms with Gasteiger partial charge in [-0.05, 0) is 45.1 Å². The van der Waals surface area contributed by atoms with Gasteiger partial charge >= 0.3 is 17.8 Å². The molecule has 0 aromatic rings. The monoisotopic (exact) mass is 312 g/mol. The molecule has 0 aliphatic heterocycles. The molecule has 19 heavy (non-hydrogen) atoms. The van der Waals surface area contributed by atoms with Crippen molar-refractivity contribution in [3.8, 4) is 0 Å². The van der Waals surface area contributed by atoms with E-state index in [1.165, 1.54) is 0 Å². The van der Waals surface area contributed by atoms with Crippen LogP contribution in [0.1, 0.15) is 12.8 Å². The third-order valence-corrected chi connectivity index (χ3v) is 6.95. The predicted octanol–water partition coefficient (Wildman–Crippen LogP) is 0.549. The summed E-state index contributed by atoms with van der Waals surface area (Å²) in [6.07, 6.45) is 1.87. The van der Waals surface area contributed by atoms with E-state index in [-0.39, 0.29) is 0 Å². The fourth-order valence-corrected chi connectivity index (χ4v) is 3.21. The molecule has 0 rings (SSSR count). The zero-order valence-corrected chi connectivity index (χ0v) is 15.3. The summed E-state index contributed by atoms with van der Waals surface area (Å²) in [6.45, 7) is 6.12. The first-order chi connectivity index (χ1) is 8.99. The van der Waals surface area contributed by atoms with Gasteiger partial charge in [0.1, 0.15) is 0 Å². The van der Waals surface area contributed by atoms with Crippen LogP contribution in [-0.2, 0) is 17.7 Å². The van der Waals surface area contributed by atoms with E-state index in [9.17, 15) is 0 Å². The summed E-state index contributed by atoms with van der Waals surface area (Å²) < 4.78 is 20.7. The van der Waals surface area contributed by atoms with Gasteiger partial charge < -0.3 is 29.2 Å². The van der Waals surface area contributed by atoms with Crippen LogP contribution >= 0.6 is 0 Å². The maximum Gasteiger partial charge on any atom is 0.334 e. The highest BCUT2D eigenvalue weighted by atomic mass is 28.4. The maximum atomic E-state index is 5.70. The highest BCUT2D eigenvalue weighted by molar-refractivity contribution is 6.65. The van der Waals surface area contributed by atoms with Gasteiger partial charge in [-0.15, -0.1) is 0 Å². The molecular weight excluding hydrogens is 280 g/mol. The summed E-state index contributed by atoms with van der Waals surface area (Å²) in [5.41, 5.74) is 10.8. The molecule has 4 N–H and O–H groups in total. The van der Waals surface area contributed by atoms with Crippen molar-refractivity contribution in [3.63, 3.8) is 0 Å². The zero-order chi connectivity index (χ0) is 15.1. The van der Waals surface area contributed by atoms with E-state index in [1.807, 2.05) is 6.55 Å². The minimum Gasteiger partial charge on any atom is -0.400 e. The molecule has 0 spiro atoms. The van der Waals surface area contributed by atoms with Gasteiger partial charge in [0.25, 0.3) is 0 Å². The number of rotatable bonds is 10. The van der Waals surface area contributed by atoms with Crippen molar-refractivity contribution >= 4 is 17.8 Å². The Hall–Kier alpha value is 0.194. The molecule has 0 saturated heterocycles. The van der Waals surface area contributed by atoms with Crippen LogP contribution in [0.5, 0.6) is 0 Å². The van der Waals surface area contributed by atoms with Crippen LogP contribution < -0.4 is 11.5 Å². The van der Waals surface area contributed by atoms with Crippen molar-refractivity contribution in [2.75, 3.05) is 41.0 Å². The van der Waals surface area contributed by atoms with Gasteiger partial charge in [-0.1, -0.05) is 0 Å². The lowest BCUT2D eigenvalue weighted by molar-refractivity contribution is 0.202. The lowest BCUT2D eigenvalue weighted by Gasteiger charge is -2.24. The third kappa shape index (κ3) is 14.4. The van der Waals surface area contributed by atoms with Crippen LogP contribution in [-0.4, -0.2) is 58.9 Å². The van der Waals surface area contributed by atoms with Crippen LogP contribution in [0.2, 0.25) is 19.1 Å². The summed E-state index contributed by atoms with van der Waals surface area (Å²) in [7, 11) is 1.97. The van der Waals surface area contributed by atoms with E-state index >= 15 is 0 Å². The quantitative estimate of drug-likeness (QED) is 0.452. The highest BCUT2D eigenvalue weighted by Gasteiger charge is 2.28. The molecule has 8 heteroatoms. The summed E-state index contributed by atoms with van der Waals surface area (Å²) in [6, 6.07) is 0.963. The Kier molecular flexibility index (Phi) is 16.5. The SMILES string of the molecule is CO[SiH](C)OC.CO[Si](C)(CCCN)OCCCN. The average molecular weight is 313 g/mol. The van der Waals surface area contributed by atoms with Gasteiger partial charge in [-0.3, -0.25) is 0 Å². The topological polar surface area (TPSA) is 89.0 Å². The molecule has 1 atom stereocenters. The average Bonchev–Trinajstić information content (AvgIpc) is 2.45. The summed E-state index contributed by atoms with van der Waals surface area (Å²) in [5.74, 6) is 0. The molecule has 6 nitrogen and oxygen atoms in total. The van der Waals surface area contributed by atoms with Crippen LogP contribution in [0, 0.1) is 0 Å². The molecular formula is C11H32N2O4Si2. The molecule has 118 valence electrons. The first kappa shape index (κ1) is 21.5. The minimum absolute atomic E-state index is 0.672. The first-order valence-corrected chi connectivity index (χ1v) is 11.3. The fourth-order valence-electron chi connectivity index (χ4n) is 1.12. The molecule has 0 amide bonds. The Bertz CT molecular complexity index is 188. The van der Waals surface area contributed by atoms with E-state index in [1.54, 1.807) is 21.3 Å². The lowest BCUT2D eigenvalue weighted by Crippen LogP contribution is -2.38. The van der Waals surface area contributed by atoms with Crippen LogP contribution in [0.4, 0.5) is 0 Å². The van der Waals surface area contributed by atoms with Crippen molar-refractivity contribution in [1.82, 2.24) is 0 Å². The standard InChI is InChI=1S/C8H22N2O2Si.C3H10O2Si/c1-11-13(2,8-4-6-10)12-7-3-5-9;1-4-6(3)5-2/h3-10H2,1-2H3;6H,1-3H3. The Morgan fingerprint density at radius 1 is 1.00 bits per heavy atom. The normalized spacial score (nSPS) is 13.9. The molecule has 0 bridgehead atoms. The van der Waals surface area contributed by atoms with E-state index < -0.39 is 17.8 Å². The molecule has 1 unspecified atom stereocenters. The molecule has 0 aliphatic carbocycles. The number of hydrogen-bond donors (Lipinski definition) is 2. The van der Waals surface area contributed by atoms with E-state index in [4.69, 9.17) is 29.2 Å². The van der Waals surface area contributed by atoms with Crippen molar-refractivity contribution in [1.29, 1.82) is 0 Å². The van der Waals surface area contributed by atoms with Gasteiger partial charge in [0.15, 0.2) is 0 Å².